The van der Waals surface area contributed by atoms with Crippen LogP contribution in [-0.2, 0) is 0 Å². The standard InChI is InChI=1S/C19H23/c1-2-15-9-6-7-10-16-13-8-14-18(16)19(15)17-11-4-3-5-12-17/h3-6,9,11-12,16H,2,7-8,10,13-14H2,1H3/b9-6-,19-15-. The monoisotopic (exact) mass is 251 g/mol. The summed E-state index contributed by atoms with van der Waals surface area (Å²) in [5, 5.41) is 0. The lowest BCUT2D eigenvalue weighted by molar-refractivity contribution is 0.552. The van der Waals surface area contributed by atoms with Gasteiger partial charge in [-0.3, -0.25) is 0 Å². The van der Waals surface area contributed by atoms with Crippen LogP contribution in [0.25, 0.3) is 5.57 Å². The molecule has 0 bridgehead atoms. The van der Waals surface area contributed by atoms with Gasteiger partial charge in [0, 0.05) is 5.92 Å². The fourth-order valence-corrected chi connectivity index (χ4v) is 3.65. The average molecular weight is 251 g/mol. The highest BCUT2D eigenvalue weighted by Gasteiger charge is 2.32. The Kier molecular flexibility index (Phi) is 3.87. The zero-order valence-corrected chi connectivity index (χ0v) is 11.9. The van der Waals surface area contributed by atoms with Crippen LogP contribution in [0.15, 0.2) is 48.1 Å². The van der Waals surface area contributed by atoms with E-state index in [0.29, 0.717) is 0 Å². The fourth-order valence-electron chi connectivity index (χ4n) is 3.65. The van der Waals surface area contributed by atoms with E-state index in [9.17, 15) is 0 Å². The highest BCUT2D eigenvalue weighted by molar-refractivity contribution is 5.81. The minimum Gasteiger partial charge on any atom is -0.0842 e. The topological polar surface area (TPSA) is 0 Å². The van der Waals surface area contributed by atoms with Crippen LogP contribution in [-0.4, -0.2) is 0 Å². The van der Waals surface area contributed by atoms with E-state index in [1.165, 1.54) is 43.2 Å². The lowest BCUT2D eigenvalue weighted by atomic mass is 9.78. The van der Waals surface area contributed by atoms with Crippen molar-refractivity contribution in [2.75, 3.05) is 0 Å². The Hall–Kier alpha value is -1.30. The number of benzene rings is 1. The summed E-state index contributed by atoms with van der Waals surface area (Å²) in [4.78, 5) is 0. The van der Waals surface area contributed by atoms with Crippen LogP contribution in [0.3, 0.4) is 0 Å². The predicted octanol–water partition coefficient (Wildman–Crippen LogP) is 5.57. The van der Waals surface area contributed by atoms with Crippen molar-refractivity contribution in [3.8, 4) is 0 Å². The molecular formula is C19H23. The van der Waals surface area contributed by atoms with Gasteiger partial charge in [-0.25, -0.2) is 0 Å². The van der Waals surface area contributed by atoms with E-state index in [1.807, 2.05) is 0 Å². The minimum absolute atomic E-state index is 0.835. The SMILES string of the molecule is CCC1=C(\c2ccccc2)[C]2CCCC2CC/C=C\1. The summed E-state index contributed by atoms with van der Waals surface area (Å²) < 4.78 is 0. The molecule has 0 spiro atoms. The number of hydrogen-bond acceptors (Lipinski definition) is 0. The Morgan fingerprint density at radius 2 is 1.95 bits per heavy atom. The van der Waals surface area contributed by atoms with Gasteiger partial charge in [0.25, 0.3) is 0 Å². The lowest BCUT2D eigenvalue weighted by Gasteiger charge is -2.26. The Morgan fingerprint density at radius 3 is 2.74 bits per heavy atom. The van der Waals surface area contributed by atoms with Gasteiger partial charge in [0.15, 0.2) is 0 Å². The molecule has 1 saturated carbocycles. The molecule has 2 aliphatic rings. The molecule has 0 heteroatoms. The van der Waals surface area contributed by atoms with Crippen molar-refractivity contribution in [1.82, 2.24) is 0 Å². The first-order valence-corrected chi connectivity index (χ1v) is 7.71. The van der Waals surface area contributed by atoms with Crippen molar-refractivity contribution in [2.24, 2.45) is 5.92 Å². The zero-order valence-electron chi connectivity index (χ0n) is 11.9. The molecule has 0 aliphatic heterocycles. The van der Waals surface area contributed by atoms with E-state index < -0.39 is 0 Å². The Balaban J connectivity index is 2.10. The highest BCUT2D eigenvalue weighted by atomic mass is 14.4. The number of allylic oxidation sites excluding steroid dienone is 4. The third kappa shape index (κ3) is 2.54. The third-order valence-corrected chi connectivity index (χ3v) is 4.58. The summed E-state index contributed by atoms with van der Waals surface area (Å²) in [5.41, 5.74) is 4.53. The summed E-state index contributed by atoms with van der Waals surface area (Å²) in [7, 11) is 0. The van der Waals surface area contributed by atoms with Gasteiger partial charge in [-0.2, -0.15) is 0 Å². The molecule has 0 amide bonds. The Morgan fingerprint density at radius 1 is 1.11 bits per heavy atom. The summed E-state index contributed by atoms with van der Waals surface area (Å²) in [6, 6.07) is 11.0. The smallest absolute Gasteiger partial charge is 0.00897 e. The fraction of sp³-hybridized carbons (Fsp3) is 0.421. The average Bonchev–Trinajstić information content (AvgIpc) is 2.87. The minimum atomic E-state index is 0.835. The van der Waals surface area contributed by atoms with Crippen LogP contribution < -0.4 is 0 Å². The van der Waals surface area contributed by atoms with Crippen LogP contribution >= 0.6 is 0 Å². The molecule has 1 radical (unpaired) electrons. The number of hydrogen-bond donors (Lipinski definition) is 0. The van der Waals surface area contributed by atoms with Crippen molar-refractivity contribution in [2.45, 2.75) is 45.4 Å². The first kappa shape index (κ1) is 12.7. The van der Waals surface area contributed by atoms with Crippen LogP contribution in [0, 0.1) is 11.8 Å². The van der Waals surface area contributed by atoms with Gasteiger partial charge in [-0.05, 0) is 54.7 Å². The summed E-state index contributed by atoms with van der Waals surface area (Å²) in [6.07, 6.45) is 12.6. The summed E-state index contributed by atoms with van der Waals surface area (Å²) in [5.74, 6) is 2.58. The quantitative estimate of drug-likeness (QED) is 0.644. The van der Waals surface area contributed by atoms with E-state index in [0.717, 1.165) is 12.3 Å². The number of fused-ring (bicyclic) bond motifs is 1. The highest BCUT2D eigenvalue weighted by Crippen LogP contribution is 2.47. The molecule has 1 fully saturated rings. The summed E-state index contributed by atoms with van der Waals surface area (Å²) in [6.45, 7) is 2.29. The van der Waals surface area contributed by atoms with Gasteiger partial charge in [0.05, 0.1) is 0 Å². The largest absolute Gasteiger partial charge is 0.0842 e. The Labute approximate surface area is 117 Å². The lowest BCUT2D eigenvalue weighted by Crippen LogP contribution is -2.11. The van der Waals surface area contributed by atoms with Gasteiger partial charge in [-0.15, -0.1) is 0 Å². The third-order valence-electron chi connectivity index (χ3n) is 4.58. The van der Waals surface area contributed by atoms with Crippen LogP contribution in [0.1, 0.15) is 51.0 Å². The molecule has 1 aromatic carbocycles. The second-order valence-corrected chi connectivity index (χ2v) is 5.71. The van der Waals surface area contributed by atoms with Crippen molar-refractivity contribution in [3.63, 3.8) is 0 Å². The van der Waals surface area contributed by atoms with Crippen molar-refractivity contribution >= 4 is 5.57 Å². The molecule has 0 nitrogen and oxygen atoms in total. The Bertz CT molecular complexity index is 478. The van der Waals surface area contributed by atoms with Crippen molar-refractivity contribution in [1.29, 1.82) is 0 Å². The van der Waals surface area contributed by atoms with E-state index >= 15 is 0 Å². The number of rotatable bonds is 2. The van der Waals surface area contributed by atoms with Gasteiger partial charge < -0.3 is 0 Å². The van der Waals surface area contributed by atoms with Gasteiger partial charge in [0.1, 0.15) is 0 Å². The van der Waals surface area contributed by atoms with Gasteiger partial charge in [-0.1, -0.05) is 55.8 Å². The van der Waals surface area contributed by atoms with Crippen molar-refractivity contribution < 1.29 is 0 Å². The maximum atomic E-state index is 2.39. The molecule has 0 N–H and O–H groups in total. The van der Waals surface area contributed by atoms with Gasteiger partial charge >= 0.3 is 0 Å². The maximum Gasteiger partial charge on any atom is 0.00897 e. The van der Waals surface area contributed by atoms with Crippen molar-refractivity contribution in [3.05, 3.63) is 59.5 Å². The van der Waals surface area contributed by atoms with Crippen LogP contribution in [0.5, 0.6) is 0 Å². The van der Waals surface area contributed by atoms with E-state index in [4.69, 9.17) is 0 Å². The molecule has 0 aromatic heterocycles. The molecular weight excluding hydrogens is 228 g/mol. The maximum absolute atomic E-state index is 2.39. The normalized spacial score (nSPS) is 29.6. The molecule has 3 rings (SSSR count). The first-order valence-electron chi connectivity index (χ1n) is 7.71. The molecule has 99 valence electrons. The van der Waals surface area contributed by atoms with Crippen LogP contribution in [0.2, 0.25) is 0 Å². The van der Waals surface area contributed by atoms with E-state index in [2.05, 4.69) is 49.4 Å². The molecule has 0 heterocycles. The second-order valence-electron chi connectivity index (χ2n) is 5.71. The van der Waals surface area contributed by atoms with E-state index in [-0.39, 0.29) is 0 Å². The predicted molar refractivity (Wildman–Crippen MR) is 82.6 cm³/mol. The zero-order chi connectivity index (χ0) is 13.1. The van der Waals surface area contributed by atoms with Crippen LogP contribution in [0.4, 0.5) is 0 Å². The second kappa shape index (κ2) is 5.77. The van der Waals surface area contributed by atoms with E-state index in [1.54, 1.807) is 11.5 Å². The first-order chi connectivity index (χ1) is 9.40. The molecule has 1 aromatic rings. The molecule has 1 unspecified atom stereocenters. The molecule has 2 aliphatic carbocycles. The molecule has 19 heavy (non-hydrogen) atoms. The van der Waals surface area contributed by atoms with Gasteiger partial charge in [0.2, 0.25) is 0 Å². The summed E-state index contributed by atoms with van der Waals surface area (Å²) >= 11 is 0. The molecule has 1 atom stereocenters. The molecule has 0 saturated heterocycles.